The number of rotatable bonds is 3. The maximum absolute atomic E-state index is 9.72. The molecule has 2 aromatic carbocycles. The highest BCUT2D eigenvalue weighted by Crippen LogP contribution is 2.36. The zero-order chi connectivity index (χ0) is 23.1. The Balaban J connectivity index is 1.62. The molecule has 164 valence electrons. The number of aryl methyl sites for hydroxylation is 4. The number of hydrogen-bond donors (Lipinski definition) is 0. The van der Waals surface area contributed by atoms with Gasteiger partial charge >= 0.3 is 0 Å². The average Bonchev–Trinajstić information content (AvgIpc) is 3.07. The van der Waals surface area contributed by atoms with Crippen LogP contribution in [0.3, 0.4) is 0 Å². The van der Waals surface area contributed by atoms with Gasteiger partial charge < -0.3 is 4.57 Å². The van der Waals surface area contributed by atoms with Gasteiger partial charge in [0.15, 0.2) is 5.65 Å². The maximum Gasteiger partial charge on any atom is 0.162 e. The largest absolute Gasteiger partial charge is 0.308 e. The summed E-state index contributed by atoms with van der Waals surface area (Å²) in [5, 5.41) is 10.4. The minimum atomic E-state index is 0.646. The molecule has 0 saturated heterocycles. The lowest BCUT2D eigenvalue weighted by Gasteiger charge is -2.15. The predicted molar refractivity (Wildman–Crippen MR) is 133 cm³/mol. The topological polar surface area (TPSA) is 54.5 Å². The molecule has 0 fully saturated rings. The van der Waals surface area contributed by atoms with E-state index >= 15 is 0 Å². The van der Waals surface area contributed by atoms with Gasteiger partial charge in [0.1, 0.15) is 11.3 Å². The Morgan fingerprint density at radius 1 is 1.06 bits per heavy atom. The van der Waals surface area contributed by atoms with Crippen LogP contribution >= 0.6 is 11.6 Å². The first-order chi connectivity index (χ1) is 16.0. The van der Waals surface area contributed by atoms with Crippen molar-refractivity contribution in [3.05, 3.63) is 98.5 Å². The van der Waals surface area contributed by atoms with E-state index in [0.29, 0.717) is 11.6 Å². The number of halogens is 1. The lowest BCUT2D eigenvalue weighted by Crippen LogP contribution is -2.07. The Labute approximate surface area is 199 Å². The third-order valence-electron chi connectivity index (χ3n) is 6.45. The molecule has 0 bridgehead atoms. The van der Waals surface area contributed by atoms with E-state index in [0.717, 1.165) is 58.7 Å². The third-order valence-corrected chi connectivity index (χ3v) is 6.74. The number of nitriles is 1. The molecule has 0 amide bonds. The number of fused-ring (bicyclic) bond motifs is 3. The van der Waals surface area contributed by atoms with Crippen molar-refractivity contribution in [1.29, 1.82) is 5.26 Å². The number of hydrogen-bond acceptors (Lipinski definition) is 3. The highest BCUT2D eigenvalue weighted by atomic mass is 35.5. The lowest BCUT2D eigenvalue weighted by atomic mass is 9.90. The fourth-order valence-electron chi connectivity index (χ4n) is 4.89. The maximum atomic E-state index is 9.72. The summed E-state index contributed by atoms with van der Waals surface area (Å²) in [6.07, 6.45) is 2.70. The molecule has 0 saturated carbocycles. The van der Waals surface area contributed by atoms with Crippen molar-refractivity contribution in [3.8, 4) is 6.07 Å². The Morgan fingerprint density at radius 3 is 2.61 bits per heavy atom. The Kier molecular flexibility index (Phi) is 5.52. The highest BCUT2D eigenvalue weighted by Gasteiger charge is 2.21. The first-order valence-electron chi connectivity index (χ1n) is 11.3. The van der Waals surface area contributed by atoms with Crippen molar-refractivity contribution in [2.75, 3.05) is 0 Å². The summed E-state index contributed by atoms with van der Waals surface area (Å²) in [7, 11) is 0. The summed E-state index contributed by atoms with van der Waals surface area (Å²) in [5.74, 6) is 0.980. The third kappa shape index (κ3) is 3.73. The normalized spacial score (nSPS) is 14.4. The van der Waals surface area contributed by atoms with E-state index in [2.05, 4.69) is 60.0 Å². The van der Waals surface area contributed by atoms with Gasteiger partial charge in [0, 0.05) is 23.3 Å². The molecule has 0 radical (unpaired) electrons. The van der Waals surface area contributed by atoms with Crippen molar-refractivity contribution < 1.29 is 0 Å². The summed E-state index contributed by atoms with van der Waals surface area (Å²) >= 11 is 6.48. The molecule has 2 heterocycles. The van der Waals surface area contributed by atoms with Gasteiger partial charge in [-0.05, 0) is 60.6 Å². The zero-order valence-corrected chi connectivity index (χ0v) is 19.9. The van der Waals surface area contributed by atoms with E-state index in [9.17, 15) is 5.26 Å². The van der Waals surface area contributed by atoms with E-state index in [1.807, 2.05) is 19.9 Å². The predicted octanol–water partition coefficient (Wildman–Crippen LogP) is 6.45. The molecule has 5 rings (SSSR count). The molecule has 4 nitrogen and oxygen atoms in total. The van der Waals surface area contributed by atoms with Crippen LogP contribution in [0, 0.1) is 18.3 Å². The number of pyridine rings is 1. The molecule has 5 heteroatoms. The Morgan fingerprint density at radius 2 is 1.82 bits per heavy atom. The molecule has 1 aliphatic carbocycles. The first kappa shape index (κ1) is 21.4. The molecule has 0 aliphatic heterocycles. The van der Waals surface area contributed by atoms with Gasteiger partial charge in [-0.25, -0.2) is 9.97 Å². The first-order valence-corrected chi connectivity index (χ1v) is 11.7. The summed E-state index contributed by atoms with van der Waals surface area (Å²) < 4.78 is 2.18. The van der Waals surface area contributed by atoms with Crippen molar-refractivity contribution in [3.63, 3.8) is 0 Å². The Hall–Kier alpha value is -3.42. The fourth-order valence-corrected chi connectivity index (χ4v) is 5.17. The molecule has 33 heavy (non-hydrogen) atoms. The number of aromatic nitrogens is 3. The van der Waals surface area contributed by atoms with Crippen LogP contribution in [-0.2, 0) is 25.8 Å². The highest BCUT2D eigenvalue weighted by molar-refractivity contribution is 6.34. The second kappa shape index (κ2) is 8.50. The van der Waals surface area contributed by atoms with Gasteiger partial charge in [0.05, 0.1) is 17.6 Å². The average molecular weight is 453 g/mol. The van der Waals surface area contributed by atoms with Crippen LogP contribution in [-0.4, -0.2) is 14.5 Å². The van der Waals surface area contributed by atoms with E-state index in [4.69, 9.17) is 21.6 Å². The summed E-state index contributed by atoms with van der Waals surface area (Å²) in [6.45, 7) is 6.66. The van der Waals surface area contributed by atoms with Crippen LogP contribution in [0.15, 0.2) is 54.1 Å². The van der Waals surface area contributed by atoms with Gasteiger partial charge in [-0.2, -0.15) is 5.26 Å². The van der Waals surface area contributed by atoms with Gasteiger partial charge in [-0.1, -0.05) is 61.0 Å². The second-order valence-electron chi connectivity index (χ2n) is 8.65. The van der Waals surface area contributed by atoms with Crippen LogP contribution < -0.4 is 0 Å². The quantitative estimate of drug-likeness (QED) is 0.336. The van der Waals surface area contributed by atoms with Crippen molar-refractivity contribution in [2.24, 2.45) is 0 Å². The van der Waals surface area contributed by atoms with Crippen molar-refractivity contribution in [1.82, 2.24) is 14.5 Å². The molecule has 2 aromatic heterocycles. The molecular weight excluding hydrogens is 428 g/mol. The minimum Gasteiger partial charge on any atom is -0.308 e. The van der Waals surface area contributed by atoms with Gasteiger partial charge in [0.2, 0.25) is 0 Å². The van der Waals surface area contributed by atoms with Crippen LogP contribution in [0.5, 0.6) is 0 Å². The molecule has 0 atom stereocenters. The smallest absolute Gasteiger partial charge is 0.162 e. The Bertz CT molecular complexity index is 1470. The molecular formula is C28H25ClN4. The fraction of sp³-hybridized carbons (Fsp3) is 0.250. The van der Waals surface area contributed by atoms with Crippen LogP contribution in [0.1, 0.15) is 53.2 Å². The van der Waals surface area contributed by atoms with Crippen LogP contribution in [0.4, 0.5) is 0 Å². The summed E-state index contributed by atoms with van der Waals surface area (Å²) in [6, 6.07) is 19.3. The molecule has 1 aliphatic rings. The van der Waals surface area contributed by atoms with E-state index in [1.165, 1.54) is 22.3 Å². The monoisotopic (exact) mass is 452 g/mol. The summed E-state index contributed by atoms with van der Waals surface area (Å²) in [4.78, 5) is 9.52. The van der Waals surface area contributed by atoms with E-state index in [-0.39, 0.29) is 0 Å². The lowest BCUT2D eigenvalue weighted by molar-refractivity contribution is 0.744. The van der Waals surface area contributed by atoms with Gasteiger partial charge in [-0.3, -0.25) is 0 Å². The van der Waals surface area contributed by atoms with Crippen LogP contribution in [0.25, 0.3) is 16.7 Å². The van der Waals surface area contributed by atoms with Crippen molar-refractivity contribution in [2.45, 2.75) is 46.6 Å². The molecule has 0 spiro atoms. The van der Waals surface area contributed by atoms with Gasteiger partial charge in [0.25, 0.3) is 0 Å². The van der Waals surface area contributed by atoms with E-state index < -0.39 is 0 Å². The van der Waals surface area contributed by atoms with Crippen LogP contribution in [0.2, 0.25) is 5.02 Å². The number of imidazole rings is 1. The SMILES string of the molecule is CCc1nc2c(Cl)cc(C)nc2n1Cc1ccc2c(c1)CCc1ccccc1C2=C(C)C#N. The zero-order valence-electron chi connectivity index (χ0n) is 19.1. The standard InChI is InChI=1S/C28H25ClN4/c1-4-25-32-27-24(29)13-18(3)31-28(27)33(25)16-19-9-12-23-21(14-19)11-10-20-7-5-6-8-22(20)26(23)17(2)15-30/h5-9,12-14H,4,10-11,16H2,1-3H3. The number of allylic oxidation sites excluding steroid dienone is 1. The number of nitrogens with zero attached hydrogens (tertiary/aromatic N) is 4. The molecule has 0 unspecified atom stereocenters. The second-order valence-corrected chi connectivity index (χ2v) is 9.05. The molecule has 0 N–H and O–H groups in total. The van der Waals surface area contributed by atoms with E-state index in [1.54, 1.807) is 0 Å². The summed E-state index contributed by atoms with van der Waals surface area (Å²) in [5.41, 5.74) is 10.4. The van der Waals surface area contributed by atoms with Gasteiger partial charge in [-0.15, -0.1) is 0 Å². The molecule has 4 aromatic rings. The van der Waals surface area contributed by atoms with Crippen molar-refractivity contribution >= 4 is 28.3 Å². The number of benzene rings is 2. The minimum absolute atomic E-state index is 0.646.